The molecule has 22 aromatic rings. The minimum absolute atomic E-state index is 0.00537. The number of rotatable bonds is 12. The van der Waals surface area contributed by atoms with E-state index in [4.69, 9.17) is 0 Å². The molecule has 129 heavy (non-hydrogen) atoms. The fourth-order valence-corrected chi connectivity index (χ4v) is 21.1. The molecule has 22 aromatic carbocycles. The first-order valence-corrected chi connectivity index (χ1v) is 46.1. The quantitative estimate of drug-likeness (QED) is 0.107. The van der Waals surface area contributed by atoms with Crippen molar-refractivity contribution in [3.8, 4) is 100 Å². The van der Waals surface area contributed by atoms with Gasteiger partial charge in [-0.3, -0.25) is 0 Å². The van der Waals surface area contributed by atoms with Crippen LogP contribution in [0, 0.1) is 0 Å². The van der Waals surface area contributed by atoms with Crippen molar-refractivity contribution >= 4 is 97.0 Å². The third-order valence-electron chi connectivity index (χ3n) is 27.2. The maximum Gasteiger partial charge on any atom is 0.0159 e. The normalized spacial score (nSPS) is 12.1. The van der Waals surface area contributed by atoms with Crippen LogP contribution in [0.15, 0.2) is 437 Å². The summed E-state index contributed by atoms with van der Waals surface area (Å²) in [6.07, 6.45) is 0. The molecule has 622 valence electrons. The van der Waals surface area contributed by atoms with E-state index in [9.17, 15) is 0 Å². The minimum Gasteiger partial charge on any atom is -0.0622 e. The monoisotopic (exact) mass is 1650 g/mol. The second-order valence-corrected chi connectivity index (χ2v) is 36.6. The van der Waals surface area contributed by atoms with Gasteiger partial charge in [-0.2, -0.15) is 0 Å². The second-order valence-electron chi connectivity index (χ2n) is 36.6. The highest BCUT2D eigenvalue weighted by molar-refractivity contribution is 6.25. The maximum absolute atomic E-state index is 2.46. The number of benzene rings is 22. The molecule has 0 saturated carbocycles. The van der Waals surface area contributed by atoms with Gasteiger partial charge in [0.15, 0.2) is 0 Å². The standard InChI is InChI=1S/C35H28.C33H26.C32H28.C29H24/c1-24(2)34-30-16-8-10-18-32(30)35(33-19-11-9-17-31(33)34)29-15-7-6-14-28(29)27-22-20-26(21-23-27)25-12-4-3-5-13-25;1-22(2)23-18-20-25(21-19-23)32-28-13-5-7-15-30(28)33(31-16-8-6-14-29(31)32)27-17-9-11-24-10-3-4-12-26(24)27;1-20(2)30-24-12-5-7-14-26(24)31(27-15-8-6-13-25(27)30)21-17-18-23-22-11-9-10-16-28(22)32(3,4)29(23)19-21;1-20(2)22-13-10-14-23(19-22)29-26-17-8-6-15-24(26)28(21-11-4-3-5-12-21)25-16-7-9-18-27(25)29/h3-24H,1-2H3;3-22H,1-2H3;5-20H,1-4H3;3-20H,1-2H3. The summed E-state index contributed by atoms with van der Waals surface area (Å²) in [4.78, 5) is 0. The first-order chi connectivity index (χ1) is 63.2. The van der Waals surface area contributed by atoms with Crippen molar-refractivity contribution < 1.29 is 0 Å². The molecule has 0 fully saturated rings. The van der Waals surface area contributed by atoms with Gasteiger partial charge in [0.1, 0.15) is 0 Å². The SMILES string of the molecule is CC(C)c1c2ccccc2c(-c2ccc3c(c2)C(C)(C)c2ccccc2-3)c2ccccc12.CC(C)c1c2ccccc2c(-c2ccccc2-c2ccc(-c3ccccc3)cc2)c2ccccc12.CC(C)c1ccc(-c2c3ccccc3c(-c3cccc4ccccc34)c3ccccc23)cc1.CC(C)c1cccc(-c2c3ccccc3c(-c3ccccc3)c3ccccc23)c1. The predicted molar refractivity (Wildman–Crippen MR) is 561 cm³/mol. The first kappa shape index (κ1) is 82.5. The smallest absolute Gasteiger partial charge is 0.0159 e. The van der Waals surface area contributed by atoms with Gasteiger partial charge in [-0.1, -0.05) is 500 Å². The van der Waals surface area contributed by atoms with E-state index in [2.05, 4.69) is 506 Å². The number of hydrogen-bond donors (Lipinski definition) is 0. The van der Waals surface area contributed by atoms with Crippen molar-refractivity contribution in [1.29, 1.82) is 0 Å². The average molecular weight is 1660 g/mol. The average Bonchev–Trinajstić information content (AvgIpc) is 1.62. The molecule has 1 aliphatic rings. The lowest BCUT2D eigenvalue weighted by Crippen LogP contribution is -2.14. The lowest BCUT2D eigenvalue weighted by atomic mass is 9.80. The van der Waals surface area contributed by atoms with Crippen molar-refractivity contribution in [2.75, 3.05) is 0 Å². The third-order valence-corrected chi connectivity index (χ3v) is 27.2. The molecule has 0 atom stereocenters. The molecule has 0 saturated heterocycles. The summed E-state index contributed by atoms with van der Waals surface area (Å²) < 4.78 is 0. The van der Waals surface area contributed by atoms with Crippen LogP contribution in [0.1, 0.15) is 126 Å². The highest BCUT2D eigenvalue weighted by atomic mass is 14.4. The van der Waals surface area contributed by atoms with Crippen LogP contribution in [0.3, 0.4) is 0 Å². The minimum atomic E-state index is 0.00537. The van der Waals surface area contributed by atoms with Gasteiger partial charge in [0.05, 0.1) is 0 Å². The maximum atomic E-state index is 2.46. The molecule has 1 aliphatic carbocycles. The molecule has 0 bridgehead atoms. The van der Waals surface area contributed by atoms with Gasteiger partial charge in [0.2, 0.25) is 0 Å². The molecule has 0 aromatic heterocycles. The Kier molecular flexibility index (Phi) is 22.5. The van der Waals surface area contributed by atoms with Crippen molar-refractivity contribution in [2.24, 2.45) is 0 Å². The lowest BCUT2D eigenvalue weighted by Gasteiger charge is -2.23. The van der Waals surface area contributed by atoms with Crippen molar-refractivity contribution in [2.45, 2.75) is 98.3 Å². The van der Waals surface area contributed by atoms with Gasteiger partial charge in [0.25, 0.3) is 0 Å². The van der Waals surface area contributed by atoms with Crippen LogP contribution >= 0.6 is 0 Å². The van der Waals surface area contributed by atoms with Crippen LogP contribution in [-0.2, 0) is 5.41 Å². The highest BCUT2D eigenvalue weighted by Crippen LogP contribution is 2.54. The Morgan fingerprint density at radius 2 is 0.434 bits per heavy atom. The Hall–Kier alpha value is -14.8. The molecule has 0 amide bonds. The van der Waals surface area contributed by atoms with Gasteiger partial charge in [-0.05, 0) is 260 Å². The fourth-order valence-electron chi connectivity index (χ4n) is 21.1. The predicted octanol–water partition coefficient (Wildman–Crippen LogP) is 37.3. The van der Waals surface area contributed by atoms with E-state index < -0.39 is 0 Å². The summed E-state index contributed by atoms with van der Waals surface area (Å²) in [5, 5.41) is 23.8. The second kappa shape index (κ2) is 35.2. The fraction of sp³-hybridized carbons (Fsp3) is 0.116. The van der Waals surface area contributed by atoms with Crippen molar-refractivity contribution in [1.82, 2.24) is 0 Å². The number of hydrogen-bond acceptors (Lipinski definition) is 0. The molecule has 0 radical (unpaired) electrons. The van der Waals surface area contributed by atoms with Gasteiger partial charge >= 0.3 is 0 Å². The van der Waals surface area contributed by atoms with E-state index in [0.717, 1.165) is 0 Å². The van der Waals surface area contributed by atoms with Crippen LogP contribution in [0.25, 0.3) is 197 Å². The van der Waals surface area contributed by atoms with E-state index in [-0.39, 0.29) is 5.41 Å². The van der Waals surface area contributed by atoms with Crippen molar-refractivity contribution in [3.63, 3.8) is 0 Å². The van der Waals surface area contributed by atoms with Crippen LogP contribution < -0.4 is 0 Å². The van der Waals surface area contributed by atoms with E-state index in [1.54, 1.807) is 0 Å². The van der Waals surface area contributed by atoms with Gasteiger partial charge in [-0.25, -0.2) is 0 Å². The summed E-state index contributed by atoms with van der Waals surface area (Å²) in [5.41, 5.74) is 31.9. The molecule has 0 N–H and O–H groups in total. The van der Waals surface area contributed by atoms with E-state index >= 15 is 0 Å². The van der Waals surface area contributed by atoms with Gasteiger partial charge in [-0.15, -0.1) is 0 Å². The Balaban J connectivity index is 0.000000108. The molecule has 23 rings (SSSR count). The lowest BCUT2D eigenvalue weighted by molar-refractivity contribution is 0.660. The topological polar surface area (TPSA) is 0 Å². The third kappa shape index (κ3) is 15.2. The van der Waals surface area contributed by atoms with Crippen LogP contribution in [0.2, 0.25) is 0 Å². The van der Waals surface area contributed by atoms with Crippen LogP contribution in [0.5, 0.6) is 0 Å². The molecule has 0 heterocycles. The Bertz CT molecular complexity index is 7740. The Labute approximate surface area is 760 Å². The Morgan fingerprint density at radius 3 is 0.891 bits per heavy atom. The zero-order valence-corrected chi connectivity index (χ0v) is 75.4. The summed E-state index contributed by atoms with van der Waals surface area (Å²) >= 11 is 0. The van der Waals surface area contributed by atoms with E-state index in [1.165, 1.54) is 230 Å². The molecule has 0 spiro atoms. The summed E-state index contributed by atoms with van der Waals surface area (Å²) in [6.45, 7) is 23.0. The van der Waals surface area contributed by atoms with Gasteiger partial charge < -0.3 is 0 Å². The zero-order valence-electron chi connectivity index (χ0n) is 75.4. The number of fused-ring (bicyclic) bond motifs is 12. The van der Waals surface area contributed by atoms with E-state index in [1.807, 2.05) is 0 Å². The summed E-state index contributed by atoms with van der Waals surface area (Å²) in [6, 6.07) is 160. The van der Waals surface area contributed by atoms with Crippen LogP contribution in [0.4, 0.5) is 0 Å². The molecule has 0 heteroatoms. The zero-order chi connectivity index (χ0) is 88.0. The van der Waals surface area contributed by atoms with Crippen LogP contribution in [-0.4, -0.2) is 0 Å². The molecule has 0 aliphatic heterocycles. The molecular formula is C129H106. The van der Waals surface area contributed by atoms with E-state index in [0.29, 0.717) is 23.7 Å². The van der Waals surface area contributed by atoms with Crippen molar-refractivity contribution in [3.05, 3.63) is 470 Å². The highest BCUT2D eigenvalue weighted by Gasteiger charge is 2.36. The molecule has 0 nitrogen and oxygen atoms in total. The first-order valence-electron chi connectivity index (χ1n) is 46.1. The molecular weight excluding hydrogens is 1550 g/mol. The van der Waals surface area contributed by atoms with Gasteiger partial charge in [0, 0.05) is 5.41 Å². The summed E-state index contributed by atoms with van der Waals surface area (Å²) in [7, 11) is 0. The summed E-state index contributed by atoms with van der Waals surface area (Å²) in [5.74, 6) is 1.95. The largest absolute Gasteiger partial charge is 0.0622 e. The molecule has 0 unspecified atom stereocenters. The Morgan fingerprint density at radius 1 is 0.155 bits per heavy atom.